The van der Waals surface area contributed by atoms with Gasteiger partial charge in [0.1, 0.15) is 5.75 Å². The molecule has 106 valence electrons. The van der Waals surface area contributed by atoms with Crippen LogP contribution in [0.5, 0.6) is 5.75 Å². The smallest absolute Gasteiger partial charge is 0.250 e. The Labute approximate surface area is 117 Å². The number of amides is 1. The zero-order valence-electron chi connectivity index (χ0n) is 11.4. The monoisotopic (exact) mass is 277 g/mol. The Hall–Kier alpha value is -2.50. The maximum Gasteiger partial charge on any atom is 0.250 e. The summed E-state index contributed by atoms with van der Waals surface area (Å²) < 4.78 is 19.5. The Bertz CT molecular complexity index is 692. The first-order valence-electron chi connectivity index (χ1n) is 5.91. The molecule has 20 heavy (non-hydrogen) atoms. The van der Waals surface area contributed by atoms with E-state index in [9.17, 15) is 9.18 Å². The molecule has 2 aromatic heterocycles. The molecule has 5 nitrogen and oxygen atoms in total. The number of carbonyl (C=O) groups is 1. The standard InChI is InChI=1S/C14H14FN3O2.H2/c1-7-4-9(10(5-17-7)14(16)19)12-11(20-3)6-18-8(2)13(12)15;/h4-6H,1-3H3,(H2,16,19);1H. The summed E-state index contributed by atoms with van der Waals surface area (Å²) in [5.41, 5.74) is 6.83. The van der Waals surface area contributed by atoms with E-state index in [4.69, 9.17) is 10.5 Å². The molecular formula is C14H16FN3O2. The highest BCUT2D eigenvalue weighted by Gasteiger charge is 2.20. The molecule has 0 atom stereocenters. The van der Waals surface area contributed by atoms with Crippen molar-refractivity contribution < 1.29 is 15.3 Å². The fourth-order valence-electron chi connectivity index (χ4n) is 1.93. The molecule has 0 saturated carbocycles. The molecule has 1 amide bonds. The third-order valence-corrected chi connectivity index (χ3v) is 2.95. The van der Waals surface area contributed by atoms with Crippen LogP contribution in [0, 0.1) is 19.7 Å². The second kappa shape index (κ2) is 5.24. The number of nitrogens with zero attached hydrogens (tertiary/aromatic N) is 2. The number of nitrogens with two attached hydrogens (primary N) is 1. The van der Waals surface area contributed by atoms with Gasteiger partial charge in [0, 0.05) is 18.9 Å². The van der Waals surface area contributed by atoms with Gasteiger partial charge in [0.2, 0.25) is 0 Å². The van der Waals surface area contributed by atoms with Crippen molar-refractivity contribution in [2.24, 2.45) is 5.73 Å². The van der Waals surface area contributed by atoms with E-state index in [1.165, 1.54) is 26.4 Å². The number of hydrogen-bond donors (Lipinski definition) is 1. The highest BCUT2D eigenvalue weighted by molar-refractivity contribution is 6.00. The summed E-state index contributed by atoms with van der Waals surface area (Å²) in [4.78, 5) is 19.4. The summed E-state index contributed by atoms with van der Waals surface area (Å²) in [7, 11) is 1.41. The van der Waals surface area contributed by atoms with Crippen LogP contribution >= 0.6 is 0 Å². The molecule has 2 rings (SSSR count). The van der Waals surface area contributed by atoms with Crippen LogP contribution in [0.3, 0.4) is 0 Å². The number of methoxy groups -OCH3 is 1. The fourth-order valence-corrected chi connectivity index (χ4v) is 1.93. The zero-order chi connectivity index (χ0) is 14.9. The largest absolute Gasteiger partial charge is 0.494 e. The van der Waals surface area contributed by atoms with Crippen molar-refractivity contribution >= 4 is 5.91 Å². The van der Waals surface area contributed by atoms with Crippen molar-refractivity contribution in [3.8, 4) is 16.9 Å². The lowest BCUT2D eigenvalue weighted by Crippen LogP contribution is -2.14. The molecule has 0 fully saturated rings. The van der Waals surface area contributed by atoms with Crippen LogP contribution in [0.1, 0.15) is 23.2 Å². The number of rotatable bonds is 3. The first-order valence-corrected chi connectivity index (χ1v) is 5.91. The van der Waals surface area contributed by atoms with E-state index >= 15 is 0 Å². The molecule has 0 saturated heterocycles. The number of aryl methyl sites for hydroxylation is 2. The van der Waals surface area contributed by atoms with Gasteiger partial charge in [-0.2, -0.15) is 0 Å². The molecule has 0 aromatic carbocycles. The van der Waals surface area contributed by atoms with E-state index in [1.54, 1.807) is 13.0 Å². The van der Waals surface area contributed by atoms with Gasteiger partial charge < -0.3 is 10.5 Å². The summed E-state index contributed by atoms with van der Waals surface area (Å²) in [5, 5.41) is 0. The number of ether oxygens (including phenoxy) is 1. The Kier molecular flexibility index (Phi) is 3.65. The lowest BCUT2D eigenvalue weighted by atomic mass is 9.99. The van der Waals surface area contributed by atoms with Crippen LogP contribution in [0.25, 0.3) is 11.1 Å². The number of pyridine rings is 2. The Morgan fingerprint density at radius 2 is 2.05 bits per heavy atom. The Balaban J connectivity index is 0.00000220. The SMILES string of the molecule is COc1cnc(C)c(F)c1-c1cc(C)ncc1C(N)=O.[HH]. The topological polar surface area (TPSA) is 78.1 Å². The second-order valence-electron chi connectivity index (χ2n) is 4.34. The fraction of sp³-hybridized carbons (Fsp3) is 0.214. The molecule has 2 heterocycles. The molecule has 0 aliphatic heterocycles. The van der Waals surface area contributed by atoms with Crippen LogP contribution in [0.4, 0.5) is 4.39 Å². The molecular weight excluding hydrogens is 261 g/mol. The minimum absolute atomic E-state index is 0. The molecule has 0 unspecified atom stereocenters. The maximum absolute atomic E-state index is 14.4. The lowest BCUT2D eigenvalue weighted by molar-refractivity contribution is 0.100. The predicted octanol–water partition coefficient (Wildman–Crippen LogP) is 2.25. The molecule has 0 bridgehead atoms. The van der Waals surface area contributed by atoms with E-state index in [1.807, 2.05) is 0 Å². The molecule has 6 heteroatoms. The van der Waals surface area contributed by atoms with Gasteiger partial charge in [-0.3, -0.25) is 14.8 Å². The lowest BCUT2D eigenvalue weighted by Gasteiger charge is -2.13. The van der Waals surface area contributed by atoms with Crippen molar-refractivity contribution in [2.75, 3.05) is 7.11 Å². The molecule has 0 aliphatic carbocycles. The number of halogens is 1. The van der Waals surface area contributed by atoms with Gasteiger partial charge in [-0.1, -0.05) is 0 Å². The normalized spacial score (nSPS) is 10.4. The number of aromatic nitrogens is 2. The second-order valence-corrected chi connectivity index (χ2v) is 4.34. The molecule has 2 aromatic rings. The minimum atomic E-state index is -0.677. The van der Waals surface area contributed by atoms with Gasteiger partial charge in [0.15, 0.2) is 5.82 Å². The molecule has 0 radical (unpaired) electrons. The highest BCUT2D eigenvalue weighted by Crippen LogP contribution is 2.35. The van der Waals surface area contributed by atoms with Crippen molar-refractivity contribution in [1.29, 1.82) is 0 Å². The van der Waals surface area contributed by atoms with Crippen molar-refractivity contribution in [3.05, 3.63) is 41.2 Å². The van der Waals surface area contributed by atoms with Crippen LogP contribution in [-0.4, -0.2) is 23.0 Å². The average molecular weight is 277 g/mol. The van der Waals surface area contributed by atoms with E-state index in [2.05, 4.69) is 9.97 Å². The van der Waals surface area contributed by atoms with E-state index in [0.29, 0.717) is 11.3 Å². The number of hydrogen-bond acceptors (Lipinski definition) is 4. The van der Waals surface area contributed by atoms with Crippen molar-refractivity contribution in [3.63, 3.8) is 0 Å². The van der Waals surface area contributed by atoms with E-state index in [0.717, 1.165) is 0 Å². The average Bonchev–Trinajstić information content (AvgIpc) is 2.41. The molecule has 2 N–H and O–H groups in total. The zero-order valence-corrected chi connectivity index (χ0v) is 11.4. The summed E-state index contributed by atoms with van der Waals surface area (Å²) in [5.74, 6) is -0.984. The summed E-state index contributed by atoms with van der Waals surface area (Å²) in [6.07, 6.45) is 2.75. The van der Waals surface area contributed by atoms with E-state index in [-0.39, 0.29) is 24.0 Å². The molecule has 0 spiro atoms. The summed E-state index contributed by atoms with van der Waals surface area (Å²) in [6.45, 7) is 3.28. The predicted molar refractivity (Wildman–Crippen MR) is 74.1 cm³/mol. The van der Waals surface area contributed by atoms with Crippen LogP contribution in [0.15, 0.2) is 18.5 Å². The maximum atomic E-state index is 14.4. The van der Waals surface area contributed by atoms with Crippen LogP contribution < -0.4 is 10.5 Å². The summed E-state index contributed by atoms with van der Waals surface area (Å²) in [6, 6.07) is 1.60. The first-order chi connectivity index (χ1) is 9.45. The van der Waals surface area contributed by atoms with Crippen LogP contribution in [0.2, 0.25) is 0 Å². The van der Waals surface area contributed by atoms with Gasteiger partial charge in [-0.05, 0) is 19.9 Å². The van der Waals surface area contributed by atoms with Gasteiger partial charge in [0.05, 0.1) is 30.1 Å². The number of primary amides is 1. The van der Waals surface area contributed by atoms with Gasteiger partial charge in [-0.15, -0.1) is 0 Å². The third-order valence-electron chi connectivity index (χ3n) is 2.95. The summed E-state index contributed by atoms with van der Waals surface area (Å²) >= 11 is 0. The highest BCUT2D eigenvalue weighted by atomic mass is 19.1. The number of carbonyl (C=O) groups excluding carboxylic acids is 1. The van der Waals surface area contributed by atoms with Gasteiger partial charge in [0.25, 0.3) is 5.91 Å². The Morgan fingerprint density at radius 3 is 2.65 bits per heavy atom. The Morgan fingerprint density at radius 1 is 1.35 bits per heavy atom. The third kappa shape index (κ3) is 2.32. The van der Waals surface area contributed by atoms with Crippen molar-refractivity contribution in [2.45, 2.75) is 13.8 Å². The molecule has 0 aliphatic rings. The first kappa shape index (κ1) is 13.9. The van der Waals surface area contributed by atoms with Crippen LogP contribution in [-0.2, 0) is 0 Å². The van der Waals surface area contributed by atoms with E-state index < -0.39 is 11.7 Å². The van der Waals surface area contributed by atoms with Gasteiger partial charge >= 0.3 is 0 Å². The van der Waals surface area contributed by atoms with Gasteiger partial charge in [-0.25, -0.2) is 4.39 Å². The minimum Gasteiger partial charge on any atom is -0.494 e. The van der Waals surface area contributed by atoms with Crippen molar-refractivity contribution in [1.82, 2.24) is 9.97 Å². The quantitative estimate of drug-likeness (QED) is 0.933.